The smallest absolute Gasteiger partial charge is 0.233 e. The van der Waals surface area contributed by atoms with Crippen LogP contribution in [0.5, 0.6) is 0 Å². The molecule has 0 aliphatic rings. The van der Waals surface area contributed by atoms with Crippen LogP contribution in [0.4, 0.5) is 5.69 Å². The molecule has 0 saturated heterocycles. The Kier molecular flexibility index (Phi) is 4.08. The van der Waals surface area contributed by atoms with Crippen LogP contribution in [0.3, 0.4) is 0 Å². The third kappa shape index (κ3) is 3.01. The van der Waals surface area contributed by atoms with Gasteiger partial charge in [0.2, 0.25) is 5.78 Å². The molecule has 26 heavy (non-hydrogen) atoms. The van der Waals surface area contributed by atoms with E-state index >= 15 is 0 Å². The van der Waals surface area contributed by atoms with Crippen LogP contribution in [-0.4, -0.2) is 34.6 Å². The number of hydrogen-bond donors (Lipinski definition) is 1. The van der Waals surface area contributed by atoms with Crippen molar-refractivity contribution in [2.24, 2.45) is 0 Å². The Bertz CT molecular complexity index is 1010. The van der Waals surface area contributed by atoms with Crippen LogP contribution in [0.2, 0.25) is 0 Å². The molecular formula is C18H20N8. The molecule has 3 heterocycles. The summed E-state index contributed by atoms with van der Waals surface area (Å²) < 4.78 is 3.72. The number of benzene rings is 1. The molecule has 1 N–H and O–H groups in total. The van der Waals surface area contributed by atoms with E-state index in [1.807, 2.05) is 35.0 Å². The molecule has 8 nitrogen and oxygen atoms in total. The van der Waals surface area contributed by atoms with Gasteiger partial charge in [0.15, 0.2) is 5.82 Å². The Morgan fingerprint density at radius 3 is 2.88 bits per heavy atom. The van der Waals surface area contributed by atoms with E-state index in [1.54, 1.807) is 10.9 Å². The molecule has 0 unspecified atom stereocenters. The minimum absolute atomic E-state index is 0.255. The van der Waals surface area contributed by atoms with Gasteiger partial charge in [0.05, 0.1) is 17.9 Å². The van der Waals surface area contributed by atoms with Gasteiger partial charge in [-0.3, -0.25) is 4.40 Å². The first kappa shape index (κ1) is 16.2. The predicted octanol–water partition coefficient (Wildman–Crippen LogP) is 2.75. The molecule has 1 aromatic carbocycles. The van der Waals surface area contributed by atoms with Crippen molar-refractivity contribution in [1.82, 2.24) is 34.6 Å². The number of fused-ring (bicyclic) bond motifs is 1. The lowest BCUT2D eigenvalue weighted by molar-refractivity contribution is 0.707. The SMILES string of the molecule is Cc1cc(NCc2cn3cccnc3n2)ccc1-n1nnnc1C(C)C. The zero-order chi connectivity index (χ0) is 18.1. The van der Waals surface area contributed by atoms with Crippen LogP contribution < -0.4 is 5.32 Å². The molecule has 0 amide bonds. The number of anilines is 1. The fourth-order valence-corrected chi connectivity index (χ4v) is 2.89. The molecular weight excluding hydrogens is 328 g/mol. The highest BCUT2D eigenvalue weighted by atomic mass is 15.5. The molecule has 3 aromatic heterocycles. The average Bonchev–Trinajstić information content (AvgIpc) is 3.26. The van der Waals surface area contributed by atoms with E-state index < -0.39 is 0 Å². The first-order valence-electron chi connectivity index (χ1n) is 8.53. The monoisotopic (exact) mass is 348 g/mol. The van der Waals surface area contributed by atoms with Crippen molar-refractivity contribution in [2.75, 3.05) is 5.32 Å². The van der Waals surface area contributed by atoms with Gasteiger partial charge in [-0.05, 0) is 47.2 Å². The van der Waals surface area contributed by atoms with E-state index in [4.69, 9.17) is 0 Å². The number of rotatable bonds is 5. The van der Waals surface area contributed by atoms with E-state index in [-0.39, 0.29) is 5.92 Å². The van der Waals surface area contributed by atoms with Crippen LogP contribution >= 0.6 is 0 Å². The Morgan fingerprint density at radius 1 is 1.23 bits per heavy atom. The molecule has 4 rings (SSSR count). The van der Waals surface area contributed by atoms with E-state index in [2.05, 4.69) is 57.6 Å². The lowest BCUT2D eigenvalue weighted by atomic mass is 10.1. The van der Waals surface area contributed by atoms with Crippen molar-refractivity contribution in [3.05, 3.63) is 59.9 Å². The van der Waals surface area contributed by atoms with Gasteiger partial charge in [-0.2, -0.15) is 4.68 Å². The zero-order valence-electron chi connectivity index (χ0n) is 15.0. The molecule has 8 heteroatoms. The number of nitrogens with zero attached hydrogens (tertiary/aromatic N) is 7. The largest absolute Gasteiger partial charge is 0.379 e. The summed E-state index contributed by atoms with van der Waals surface area (Å²) in [6.07, 6.45) is 5.66. The molecule has 0 spiro atoms. The quantitative estimate of drug-likeness (QED) is 0.597. The van der Waals surface area contributed by atoms with Gasteiger partial charge in [0, 0.05) is 30.2 Å². The van der Waals surface area contributed by atoms with Crippen molar-refractivity contribution >= 4 is 11.5 Å². The van der Waals surface area contributed by atoms with Gasteiger partial charge in [-0.1, -0.05) is 13.8 Å². The van der Waals surface area contributed by atoms with Crippen LogP contribution in [0.1, 0.15) is 36.8 Å². The van der Waals surface area contributed by atoms with Crippen LogP contribution in [0, 0.1) is 6.92 Å². The molecule has 0 bridgehead atoms. The summed E-state index contributed by atoms with van der Waals surface area (Å²) in [6.45, 7) is 6.85. The fourth-order valence-electron chi connectivity index (χ4n) is 2.89. The van der Waals surface area contributed by atoms with Crippen molar-refractivity contribution < 1.29 is 0 Å². The molecule has 0 aliphatic heterocycles. The molecule has 0 fully saturated rings. The maximum Gasteiger partial charge on any atom is 0.233 e. The van der Waals surface area contributed by atoms with Crippen LogP contribution in [-0.2, 0) is 6.54 Å². The third-order valence-electron chi connectivity index (χ3n) is 4.19. The van der Waals surface area contributed by atoms with Crippen molar-refractivity contribution in [3.8, 4) is 5.69 Å². The second-order valence-corrected chi connectivity index (χ2v) is 6.52. The van der Waals surface area contributed by atoms with E-state index in [1.165, 1.54) is 0 Å². The Labute approximate surface area is 150 Å². The van der Waals surface area contributed by atoms with Gasteiger partial charge in [0.25, 0.3) is 0 Å². The Balaban J connectivity index is 1.53. The summed E-state index contributed by atoms with van der Waals surface area (Å²) in [6, 6.07) is 8.04. The second-order valence-electron chi connectivity index (χ2n) is 6.52. The normalized spacial score (nSPS) is 11.4. The first-order valence-corrected chi connectivity index (χ1v) is 8.53. The molecule has 132 valence electrons. The topological polar surface area (TPSA) is 85.8 Å². The fraction of sp³-hybridized carbons (Fsp3) is 0.278. The lowest BCUT2D eigenvalue weighted by Crippen LogP contribution is -2.07. The highest BCUT2D eigenvalue weighted by molar-refractivity contribution is 5.53. The Hall–Kier alpha value is -3.29. The summed E-state index contributed by atoms with van der Waals surface area (Å²) in [5.74, 6) is 1.81. The molecule has 0 saturated carbocycles. The summed E-state index contributed by atoms with van der Waals surface area (Å²) in [4.78, 5) is 8.73. The van der Waals surface area contributed by atoms with Gasteiger partial charge in [-0.25, -0.2) is 9.97 Å². The van der Waals surface area contributed by atoms with Gasteiger partial charge < -0.3 is 5.32 Å². The standard InChI is InChI=1S/C18H20N8/c1-12(2)17-22-23-24-26(17)16-6-5-14(9-13(16)3)20-10-15-11-25-8-4-7-19-18(25)21-15/h4-9,11-12,20H,10H2,1-3H3. The van der Waals surface area contributed by atoms with Crippen molar-refractivity contribution in [2.45, 2.75) is 33.2 Å². The maximum absolute atomic E-state index is 4.50. The number of tetrazole rings is 1. The summed E-state index contributed by atoms with van der Waals surface area (Å²) in [5, 5.41) is 15.5. The molecule has 0 radical (unpaired) electrons. The lowest BCUT2D eigenvalue weighted by Gasteiger charge is -2.12. The summed E-state index contributed by atoms with van der Waals surface area (Å²) in [7, 11) is 0. The predicted molar refractivity (Wildman–Crippen MR) is 98.3 cm³/mol. The maximum atomic E-state index is 4.50. The number of imidazole rings is 1. The average molecular weight is 348 g/mol. The van der Waals surface area contributed by atoms with E-state index in [0.29, 0.717) is 12.3 Å². The van der Waals surface area contributed by atoms with Crippen LogP contribution in [0.15, 0.2) is 42.9 Å². The van der Waals surface area contributed by atoms with Crippen molar-refractivity contribution in [3.63, 3.8) is 0 Å². The zero-order valence-corrected chi connectivity index (χ0v) is 15.0. The Morgan fingerprint density at radius 2 is 2.12 bits per heavy atom. The van der Waals surface area contributed by atoms with Crippen LogP contribution in [0.25, 0.3) is 11.5 Å². The van der Waals surface area contributed by atoms with E-state index in [0.717, 1.165) is 28.5 Å². The molecule has 0 aliphatic carbocycles. The minimum atomic E-state index is 0.255. The molecule has 0 atom stereocenters. The molecule has 4 aromatic rings. The summed E-state index contributed by atoms with van der Waals surface area (Å²) in [5.41, 5.74) is 4.05. The van der Waals surface area contributed by atoms with E-state index in [9.17, 15) is 0 Å². The van der Waals surface area contributed by atoms with Gasteiger partial charge in [-0.15, -0.1) is 5.10 Å². The number of hydrogen-bond acceptors (Lipinski definition) is 6. The highest BCUT2D eigenvalue weighted by Gasteiger charge is 2.13. The third-order valence-corrected chi connectivity index (χ3v) is 4.19. The van der Waals surface area contributed by atoms with Gasteiger partial charge in [0.1, 0.15) is 0 Å². The minimum Gasteiger partial charge on any atom is -0.379 e. The highest BCUT2D eigenvalue weighted by Crippen LogP contribution is 2.22. The number of nitrogens with one attached hydrogen (secondary N) is 1. The number of aromatic nitrogens is 7. The van der Waals surface area contributed by atoms with Crippen molar-refractivity contribution in [1.29, 1.82) is 0 Å². The first-order chi connectivity index (χ1) is 12.6. The number of aryl methyl sites for hydroxylation is 1. The van der Waals surface area contributed by atoms with Gasteiger partial charge >= 0.3 is 0 Å². The second kappa shape index (κ2) is 6.55. The summed E-state index contributed by atoms with van der Waals surface area (Å²) >= 11 is 0.